The van der Waals surface area contributed by atoms with Crippen LogP contribution in [0.5, 0.6) is 0 Å². The van der Waals surface area contributed by atoms with Crippen LogP contribution in [0.25, 0.3) is 11.1 Å². The summed E-state index contributed by atoms with van der Waals surface area (Å²) in [6.45, 7) is 2.60. The fraction of sp³-hybridized carbons (Fsp3) is 0.273. The number of ether oxygens (including phenoxy) is 1. The molecule has 3 rings (SSSR count). The maximum Gasteiger partial charge on any atom is 0.414 e. The zero-order valence-corrected chi connectivity index (χ0v) is 17.5. The fourth-order valence-electron chi connectivity index (χ4n) is 3.25. The van der Waals surface area contributed by atoms with Crippen LogP contribution in [0.2, 0.25) is 0 Å². The molecule has 2 aromatic rings. The number of hydrogen-bond acceptors (Lipinski definition) is 5. The molecule has 1 fully saturated rings. The van der Waals surface area contributed by atoms with Crippen molar-refractivity contribution in [3.63, 3.8) is 0 Å². The van der Waals surface area contributed by atoms with Crippen LogP contribution < -0.4 is 21.3 Å². The highest BCUT2D eigenvalue weighted by Gasteiger charge is 2.32. The molecule has 1 saturated heterocycles. The average Bonchev–Trinajstić information content (AvgIpc) is 3.13. The number of cyclic esters (lactones) is 1. The van der Waals surface area contributed by atoms with Gasteiger partial charge in [-0.05, 0) is 29.3 Å². The number of nitrogens with two attached hydrogens (primary N) is 1. The molecule has 0 radical (unpaired) electrons. The summed E-state index contributed by atoms with van der Waals surface area (Å²) in [5.74, 6) is -0.487. The van der Waals surface area contributed by atoms with Crippen molar-refractivity contribution >= 4 is 29.9 Å². The number of nitrogens with zero attached hydrogens (tertiary/aromatic N) is 2. The molecule has 172 valence electrons. The van der Waals surface area contributed by atoms with Gasteiger partial charge in [0.15, 0.2) is 0 Å². The standard InChI is InChI=1S/C22H24FN5O4.2H2/c1-14(30)26-10-18-12-28(22(31)32-18)17-6-7-19(20(23)8-17)16-4-2-15(3-5-16)9-25-11-21(24)27-13-29;;/h2-8,13,18,25H,9-12H2,1H3,(H,26,30)(H2,24,27,29);2*1H/t18-;;/m0../s1. The first-order valence-corrected chi connectivity index (χ1v) is 9.95. The molecule has 1 atom stereocenters. The van der Waals surface area contributed by atoms with Gasteiger partial charge in [-0.3, -0.25) is 14.5 Å². The van der Waals surface area contributed by atoms with Crippen molar-refractivity contribution in [1.82, 2.24) is 10.6 Å². The molecule has 0 aliphatic carbocycles. The number of benzene rings is 2. The lowest BCUT2D eigenvalue weighted by molar-refractivity contribution is -0.119. The van der Waals surface area contributed by atoms with E-state index in [1.54, 1.807) is 24.3 Å². The Balaban J connectivity index is 0.00000289. The zero-order valence-electron chi connectivity index (χ0n) is 17.5. The Hall–Kier alpha value is -3.79. The molecule has 9 nitrogen and oxygen atoms in total. The van der Waals surface area contributed by atoms with E-state index in [0.717, 1.165) is 5.56 Å². The molecule has 32 heavy (non-hydrogen) atoms. The second kappa shape index (κ2) is 10.5. The molecule has 1 heterocycles. The van der Waals surface area contributed by atoms with Gasteiger partial charge in [0.05, 0.1) is 25.3 Å². The van der Waals surface area contributed by atoms with Crippen LogP contribution in [-0.2, 0) is 20.9 Å². The monoisotopic (exact) mass is 445 g/mol. The quantitative estimate of drug-likeness (QED) is 0.308. The van der Waals surface area contributed by atoms with E-state index < -0.39 is 18.0 Å². The first-order valence-electron chi connectivity index (χ1n) is 9.95. The number of anilines is 1. The van der Waals surface area contributed by atoms with Crippen molar-refractivity contribution in [2.24, 2.45) is 10.7 Å². The van der Waals surface area contributed by atoms with Gasteiger partial charge in [-0.15, -0.1) is 0 Å². The van der Waals surface area contributed by atoms with E-state index in [0.29, 0.717) is 29.8 Å². The first-order chi connectivity index (χ1) is 15.4. The predicted octanol–water partition coefficient (Wildman–Crippen LogP) is 2.05. The van der Waals surface area contributed by atoms with Gasteiger partial charge in [0.25, 0.3) is 0 Å². The summed E-state index contributed by atoms with van der Waals surface area (Å²) in [7, 11) is 0. The van der Waals surface area contributed by atoms with Crippen LogP contribution in [0.1, 0.15) is 15.3 Å². The molecule has 10 heteroatoms. The smallest absolute Gasteiger partial charge is 0.414 e. The molecule has 0 unspecified atom stereocenters. The lowest BCUT2D eigenvalue weighted by Gasteiger charge is -2.15. The normalized spacial score (nSPS) is 16.1. The van der Waals surface area contributed by atoms with Crippen molar-refractivity contribution < 1.29 is 26.4 Å². The molecule has 4 N–H and O–H groups in total. The molecule has 0 saturated carbocycles. The van der Waals surface area contributed by atoms with Gasteiger partial charge in [0.2, 0.25) is 12.3 Å². The summed E-state index contributed by atoms with van der Waals surface area (Å²) in [5.41, 5.74) is 7.96. The minimum absolute atomic E-state index is 0. The van der Waals surface area contributed by atoms with Gasteiger partial charge in [0.1, 0.15) is 17.8 Å². The lowest BCUT2D eigenvalue weighted by atomic mass is 10.0. The number of aliphatic imine (C=N–C) groups is 1. The molecule has 2 aromatic carbocycles. The number of nitrogens with one attached hydrogen (secondary N) is 2. The second-order valence-electron chi connectivity index (χ2n) is 7.24. The summed E-state index contributed by atoms with van der Waals surface area (Å²) in [5, 5.41) is 5.66. The van der Waals surface area contributed by atoms with Crippen LogP contribution in [0.4, 0.5) is 14.9 Å². The first kappa shape index (κ1) is 22.9. The number of amidine groups is 1. The number of halogens is 1. The molecule has 0 bridgehead atoms. The SMILES string of the molecule is CC(=O)NC[C@H]1CN(c2ccc(-c3ccc(CNCC(N)=NC=O)cc3)c(F)c2)C(=O)O1.[HH].[HH]. The second-order valence-corrected chi connectivity index (χ2v) is 7.24. The Morgan fingerprint density at radius 2 is 2.09 bits per heavy atom. The van der Waals surface area contributed by atoms with Gasteiger partial charge >= 0.3 is 6.09 Å². The van der Waals surface area contributed by atoms with E-state index in [-0.39, 0.29) is 34.2 Å². The Bertz CT molecular complexity index is 1040. The highest BCUT2D eigenvalue weighted by atomic mass is 19.1. The van der Waals surface area contributed by atoms with E-state index in [1.807, 2.05) is 12.1 Å². The molecule has 3 amide bonds. The number of rotatable bonds is 9. The van der Waals surface area contributed by atoms with Crippen molar-refractivity contribution in [1.29, 1.82) is 0 Å². The van der Waals surface area contributed by atoms with E-state index in [2.05, 4.69) is 15.6 Å². The zero-order chi connectivity index (χ0) is 23.1. The third-order valence-electron chi connectivity index (χ3n) is 4.84. The van der Waals surface area contributed by atoms with Gasteiger partial charge in [-0.1, -0.05) is 24.3 Å². The molecule has 1 aliphatic heterocycles. The van der Waals surface area contributed by atoms with E-state index in [9.17, 15) is 18.8 Å². The minimum atomic E-state index is -0.580. The largest absolute Gasteiger partial charge is 0.442 e. The molecule has 1 aliphatic rings. The third kappa shape index (κ3) is 5.88. The average molecular weight is 445 g/mol. The summed E-state index contributed by atoms with van der Waals surface area (Å²) in [6.07, 6.45) is -0.680. The lowest BCUT2D eigenvalue weighted by Crippen LogP contribution is -2.33. The van der Waals surface area contributed by atoms with E-state index in [1.165, 1.54) is 17.9 Å². The Morgan fingerprint density at radius 3 is 2.75 bits per heavy atom. The molecular weight excluding hydrogens is 417 g/mol. The van der Waals surface area contributed by atoms with Crippen LogP contribution in [0, 0.1) is 5.82 Å². The highest BCUT2D eigenvalue weighted by molar-refractivity contribution is 5.90. The van der Waals surface area contributed by atoms with Gasteiger partial charge in [-0.25, -0.2) is 14.2 Å². The number of carbonyl (C=O) groups excluding carboxylic acids is 3. The van der Waals surface area contributed by atoms with Gasteiger partial charge < -0.3 is 21.1 Å². The Labute approximate surface area is 187 Å². The topological polar surface area (TPSA) is 126 Å². The van der Waals surface area contributed by atoms with Gasteiger partial charge in [-0.2, -0.15) is 0 Å². The molecule has 0 aromatic heterocycles. The van der Waals surface area contributed by atoms with Crippen LogP contribution in [-0.4, -0.2) is 50.0 Å². The number of amides is 3. The maximum absolute atomic E-state index is 14.8. The third-order valence-corrected chi connectivity index (χ3v) is 4.84. The maximum atomic E-state index is 14.8. The van der Waals surface area contributed by atoms with Crippen LogP contribution >= 0.6 is 0 Å². The minimum Gasteiger partial charge on any atom is -0.442 e. The van der Waals surface area contributed by atoms with E-state index in [4.69, 9.17) is 10.5 Å². The summed E-state index contributed by atoms with van der Waals surface area (Å²) in [4.78, 5) is 38.2. The summed E-state index contributed by atoms with van der Waals surface area (Å²) < 4.78 is 20.0. The van der Waals surface area contributed by atoms with Crippen molar-refractivity contribution in [2.75, 3.05) is 24.5 Å². The van der Waals surface area contributed by atoms with Crippen LogP contribution in [0.3, 0.4) is 0 Å². The number of carbonyl (C=O) groups is 3. The molecular formula is C22H28FN5O4. The Kier molecular flexibility index (Phi) is 7.50. The van der Waals surface area contributed by atoms with E-state index >= 15 is 0 Å². The predicted molar refractivity (Wildman–Crippen MR) is 122 cm³/mol. The van der Waals surface area contributed by atoms with Crippen LogP contribution in [0.15, 0.2) is 47.5 Å². The van der Waals surface area contributed by atoms with Crippen molar-refractivity contribution in [3.8, 4) is 11.1 Å². The van der Waals surface area contributed by atoms with Crippen molar-refractivity contribution in [3.05, 3.63) is 53.8 Å². The fourth-order valence-corrected chi connectivity index (χ4v) is 3.25. The summed E-state index contributed by atoms with van der Waals surface area (Å²) in [6, 6.07) is 11.9. The molecule has 0 spiro atoms. The highest BCUT2D eigenvalue weighted by Crippen LogP contribution is 2.29. The van der Waals surface area contributed by atoms with Crippen molar-refractivity contribution in [2.45, 2.75) is 19.6 Å². The summed E-state index contributed by atoms with van der Waals surface area (Å²) >= 11 is 0. The van der Waals surface area contributed by atoms with Gasteiger partial charge in [0, 0.05) is 21.9 Å². The number of hydrogen-bond donors (Lipinski definition) is 3. The Morgan fingerprint density at radius 1 is 1.34 bits per heavy atom.